The van der Waals surface area contributed by atoms with Crippen LogP contribution in [0.2, 0.25) is 0 Å². The zero-order valence-corrected chi connectivity index (χ0v) is 8.53. The van der Waals surface area contributed by atoms with Crippen LogP contribution in [0.25, 0.3) is 0 Å². The quantitative estimate of drug-likeness (QED) is 0.697. The van der Waals surface area contributed by atoms with Crippen molar-refractivity contribution in [3.63, 3.8) is 0 Å². The van der Waals surface area contributed by atoms with Crippen LogP contribution in [0.1, 0.15) is 5.56 Å². The number of hydrogen-bond donors (Lipinski definition) is 2. The molecule has 2 aliphatic heterocycles. The standard InChI is InChI=1S/C11H14N4/c1-2-4-10-9(3-1)5-8-15(10)14-11-12-6-7-13-11/h1-4H,5-8H2,(H2,12,13,14). The van der Waals surface area contributed by atoms with E-state index in [1.807, 2.05) is 0 Å². The molecule has 4 nitrogen and oxygen atoms in total. The monoisotopic (exact) mass is 202 g/mol. The van der Waals surface area contributed by atoms with Gasteiger partial charge in [-0.3, -0.25) is 15.4 Å². The van der Waals surface area contributed by atoms with Crippen molar-refractivity contribution in [3.8, 4) is 0 Å². The molecule has 0 radical (unpaired) electrons. The molecule has 15 heavy (non-hydrogen) atoms. The van der Waals surface area contributed by atoms with Crippen LogP contribution in [-0.4, -0.2) is 25.6 Å². The highest BCUT2D eigenvalue weighted by Crippen LogP contribution is 2.25. The average Bonchev–Trinajstić information content (AvgIpc) is 2.89. The Labute approximate surface area is 89.0 Å². The summed E-state index contributed by atoms with van der Waals surface area (Å²) in [6.45, 7) is 2.83. The van der Waals surface area contributed by atoms with Crippen LogP contribution >= 0.6 is 0 Å². The molecule has 2 N–H and O–H groups in total. The fourth-order valence-electron chi connectivity index (χ4n) is 2.06. The molecule has 0 saturated carbocycles. The largest absolute Gasteiger partial charge is 0.353 e. The zero-order valence-electron chi connectivity index (χ0n) is 8.53. The highest BCUT2D eigenvalue weighted by atomic mass is 15.6. The van der Waals surface area contributed by atoms with Gasteiger partial charge in [-0.2, -0.15) is 0 Å². The topological polar surface area (TPSA) is 39.7 Å². The van der Waals surface area contributed by atoms with E-state index in [1.165, 1.54) is 11.3 Å². The smallest absolute Gasteiger partial charge is 0.210 e. The lowest BCUT2D eigenvalue weighted by atomic mass is 10.2. The molecule has 78 valence electrons. The molecule has 0 fully saturated rings. The van der Waals surface area contributed by atoms with Crippen LogP contribution in [0.3, 0.4) is 0 Å². The van der Waals surface area contributed by atoms with Gasteiger partial charge in [0.15, 0.2) is 0 Å². The van der Waals surface area contributed by atoms with Gasteiger partial charge < -0.3 is 5.32 Å². The lowest BCUT2D eigenvalue weighted by molar-refractivity contribution is 0.781. The first-order valence-corrected chi connectivity index (χ1v) is 5.34. The van der Waals surface area contributed by atoms with Crippen LogP contribution < -0.4 is 15.8 Å². The van der Waals surface area contributed by atoms with Crippen molar-refractivity contribution < 1.29 is 0 Å². The Morgan fingerprint density at radius 1 is 1.33 bits per heavy atom. The first-order valence-electron chi connectivity index (χ1n) is 5.34. The Hall–Kier alpha value is -1.71. The third-order valence-electron chi connectivity index (χ3n) is 2.80. The minimum atomic E-state index is 0.873. The van der Waals surface area contributed by atoms with Crippen molar-refractivity contribution in [1.82, 2.24) is 10.7 Å². The molecule has 4 heteroatoms. The highest BCUT2D eigenvalue weighted by Gasteiger charge is 2.19. The molecule has 0 aliphatic carbocycles. The average molecular weight is 202 g/mol. The van der Waals surface area contributed by atoms with Crippen LogP contribution in [-0.2, 0) is 6.42 Å². The first kappa shape index (κ1) is 8.59. The number of nitrogens with one attached hydrogen (secondary N) is 2. The number of aliphatic imine (C=N–C) groups is 1. The molecule has 0 bridgehead atoms. The van der Waals surface area contributed by atoms with Gasteiger partial charge in [0, 0.05) is 13.1 Å². The van der Waals surface area contributed by atoms with Crippen molar-refractivity contribution in [2.45, 2.75) is 6.42 Å². The van der Waals surface area contributed by atoms with Crippen molar-refractivity contribution >= 4 is 11.6 Å². The van der Waals surface area contributed by atoms with Gasteiger partial charge >= 0.3 is 0 Å². The van der Waals surface area contributed by atoms with E-state index in [-0.39, 0.29) is 0 Å². The van der Waals surface area contributed by atoms with E-state index in [0.29, 0.717) is 0 Å². The molecule has 0 aromatic heterocycles. The predicted octanol–water partition coefficient (Wildman–Crippen LogP) is 0.513. The van der Waals surface area contributed by atoms with E-state index in [0.717, 1.165) is 32.0 Å². The summed E-state index contributed by atoms with van der Waals surface area (Å²) in [6, 6.07) is 8.49. The minimum Gasteiger partial charge on any atom is -0.353 e. The number of benzene rings is 1. The molecule has 1 aromatic rings. The van der Waals surface area contributed by atoms with E-state index in [1.54, 1.807) is 0 Å². The van der Waals surface area contributed by atoms with Gasteiger partial charge in [-0.05, 0) is 18.1 Å². The van der Waals surface area contributed by atoms with Crippen molar-refractivity contribution in [2.75, 3.05) is 24.6 Å². The Kier molecular flexibility index (Phi) is 1.98. The Morgan fingerprint density at radius 2 is 2.27 bits per heavy atom. The molecule has 0 saturated heterocycles. The Morgan fingerprint density at radius 3 is 3.13 bits per heavy atom. The zero-order chi connectivity index (χ0) is 10.1. The van der Waals surface area contributed by atoms with Gasteiger partial charge in [-0.25, -0.2) is 0 Å². The van der Waals surface area contributed by atoms with E-state index in [9.17, 15) is 0 Å². The van der Waals surface area contributed by atoms with E-state index in [4.69, 9.17) is 0 Å². The predicted molar refractivity (Wildman–Crippen MR) is 60.9 cm³/mol. The minimum absolute atomic E-state index is 0.873. The normalized spacial score (nSPS) is 18.4. The van der Waals surface area contributed by atoms with Crippen LogP contribution in [0.15, 0.2) is 29.3 Å². The number of nitrogens with zero attached hydrogens (tertiary/aromatic N) is 2. The van der Waals surface area contributed by atoms with E-state index >= 15 is 0 Å². The first-order chi connectivity index (χ1) is 7.43. The molecule has 0 unspecified atom stereocenters. The summed E-state index contributed by atoms with van der Waals surface area (Å²) in [6.07, 6.45) is 1.11. The second kappa shape index (κ2) is 3.46. The number of fused-ring (bicyclic) bond motifs is 1. The summed E-state index contributed by atoms with van der Waals surface area (Å²) in [5, 5.41) is 5.37. The number of hydrogen-bond acceptors (Lipinski definition) is 4. The Bertz CT molecular complexity index is 399. The molecule has 0 atom stereocenters. The molecule has 0 spiro atoms. The lowest BCUT2D eigenvalue weighted by Crippen LogP contribution is -2.46. The maximum Gasteiger partial charge on any atom is 0.210 e. The van der Waals surface area contributed by atoms with Crippen molar-refractivity contribution in [1.29, 1.82) is 0 Å². The number of para-hydroxylation sites is 1. The molecule has 0 amide bonds. The van der Waals surface area contributed by atoms with Gasteiger partial charge in [0.25, 0.3) is 0 Å². The number of anilines is 1. The Balaban J connectivity index is 1.79. The van der Waals surface area contributed by atoms with E-state index in [2.05, 4.69) is 45.0 Å². The van der Waals surface area contributed by atoms with Crippen molar-refractivity contribution in [2.24, 2.45) is 4.99 Å². The maximum absolute atomic E-state index is 4.32. The summed E-state index contributed by atoms with van der Waals surface area (Å²) in [5.74, 6) is 0.895. The molecule has 2 heterocycles. The van der Waals surface area contributed by atoms with Gasteiger partial charge in [0.2, 0.25) is 5.96 Å². The molecular weight excluding hydrogens is 188 g/mol. The van der Waals surface area contributed by atoms with Gasteiger partial charge in [0.1, 0.15) is 0 Å². The fourth-order valence-corrected chi connectivity index (χ4v) is 2.06. The molecule has 2 aliphatic rings. The van der Waals surface area contributed by atoms with E-state index < -0.39 is 0 Å². The molecule has 1 aromatic carbocycles. The number of guanidine groups is 1. The summed E-state index contributed by atoms with van der Waals surface area (Å²) in [4.78, 5) is 4.32. The van der Waals surface area contributed by atoms with Crippen LogP contribution in [0.5, 0.6) is 0 Å². The second-order valence-electron chi connectivity index (χ2n) is 3.80. The highest BCUT2D eigenvalue weighted by molar-refractivity contribution is 5.83. The van der Waals surface area contributed by atoms with Crippen LogP contribution in [0, 0.1) is 0 Å². The summed E-state index contributed by atoms with van der Waals surface area (Å²) >= 11 is 0. The summed E-state index contributed by atoms with van der Waals surface area (Å²) < 4.78 is 0. The SMILES string of the molecule is c1ccc2c(c1)CCN2NC1=NCCN1. The van der Waals surface area contributed by atoms with Crippen molar-refractivity contribution in [3.05, 3.63) is 29.8 Å². The summed E-state index contributed by atoms with van der Waals surface area (Å²) in [7, 11) is 0. The number of hydrazine groups is 1. The number of rotatable bonds is 1. The maximum atomic E-state index is 4.32. The third kappa shape index (κ3) is 1.52. The molecular formula is C11H14N4. The lowest BCUT2D eigenvalue weighted by Gasteiger charge is -2.21. The third-order valence-corrected chi connectivity index (χ3v) is 2.80. The van der Waals surface area contributed by atoms with Gasteiger partial charge in [0.05, 0.1) is 12.2 Å². The second-order valence-corrected chi connectivity index (χ2v) is 3.80. The summed E-state index contributed by atoms with van der Waals surface area (Å²) in [5.41, 5.74) is 5.98. The van der Waals surface area contributed by atoms with Crippen LogP contribution in [0.4, 0.5) is 5.69 Å². The van der Waals surface area contributed by atoms with Gasteiger partial charge in [-0.15, -0.1) is 0 Å². The van der Waals surface area contributed by atoms with Gasteiger partial charge in [-0.1, -0.05) is 18.2 Å². The fraction of sp³-hybridized carbons (Fsp3) is 0.364. The molecule has 3 rings (SSSR count).